The van der Waals surface area contributed by atoms with E-state index in [2.05, 4.69) is 12.1 Å². The normalized spacial score (nSPS) is 27.8. The van der Waals surface area contributed by atoms with Crippen molar-refractivity contribution in [2.45, 2.75) is 31.3 Å². The van der Waals surface area contributed by atoms with E-state index in [1.807, 2.05) is 37.3 Å². The summed E-state index contributed by atoms with van der Waals surface area (Å²) in [5.41, 5.74) is 0.551. The molecule has 3 rings (SSSR count). The molecule has 0 spiro atoms. The topological polar surface area (TPSA) is 33.4 Å². The van der Waals surface area contributed by atoms with Crippen LogP contribution in [0.15, 0.2) is 46.9 Å². The van der Waals surface area contributed by atoms with Crippen molar-refractivity contribution >= 4 is 0 Å². The lowest BCUT2D eigenvalue weighted by atomic mass is 9.67. The molecule has 1 fully saturated rings. The molecule has 1 aliphatic rings. The molecule has 0 bridgehead atoms. The third-order valence-corrected chi connectivity index (χ3v) is 3.64. The summed E-state index contributed by atoms with van der Waals surface area (Å²) in [7, 11) is 0. The molecule has 0 amide bonds. The maximum atomic E-state index is 10.4. The predicted octanol–water partition coefficient (Wildman–Crippen LogP) is 3.35. The Hall–Kier alpha value is -1.54. The van der Waals surface area contributed by atoms with Crippen molar-refractivity contribution in [3.05, 3.63) is 59.5 Å². The lowest BCUT2D eigenvalue weighted by molar-refractivity contribution is -0.0721. The molecule has 88 valence electrons. The van der Waals surface area contributed by atoms with Gasteiger partial charge < -0.3 is 9.52 Å². The number of hydrogen-bond donors (Lipinski definition) is 1. The molecule has 1 saturated carbocycles. The molecule has 2 nitrogen and oxygen atoms in total. The van der Waals surface area contributed by atoms with E-state index in [0.717, 1.165) is 18.6 Å². The van der Waals surface area contributed by atoms with Crippen LogP contribution in [0.25, 0.3) is 0 Å². The highest BCUT2D eigenvalue weighted by atomic mass is 16.4. The summed E-state index contributed by atoms with van der Waals surface area (Å²) in [4.78, 5) is 0. The molecular weight excluding hydrogens is 212 g/mol. The van der Waals surface area contributed by atoms with Gasteiger partial charge in [0.25, 0.3) is 0 Å². The highest BCUT2D eigenvalue weighted by Gasteiger charge is 2.46. The van der Waals surface area contributed by atoms with Gasteiger partial charge in [0.05, 0.1) is 0 Å². The highest BCUT2D eigenvalue weighted by Crippen LogP contribution is 2.50. The Kier molecular flexibility index (Phi) is 2.33. The van der Waals surface area contributed by atoms with Crippen LogP contribution in [0.5, 0.6) is 0 Å². The fourth-order valence-electron chi connectivity index (χ4n) is 2.60. The molecule has 0 unspecified atom stereocenters. The van der Waals surface area contributed by atoms with Crippen LogP contribution < -0.4 is 0 Å². The number of aliphatic hydroxyl groups is 1. The number of hydrogen-bond acceptors (Lipinski definition) is 2. The SMILES string of the molecule is Cc1ccc(C2(O)CC(c3ccccc3)C2)o1. The van der Waals surface area contributed by atoms with Crippen LogP contribution in [0.4, 0.5) is 0 Å². The maximum absolute atomic E-state index is 10.4. The summed E-state index contributed by atoms with van der Waals surface area (Å²) in [6, 6.07) is 14.1. The first kappa shape index (κ1) is 10.6. The van der Waals surface area contributed by atoms with E-state index in [4.69, 9.17) is 4.42 Å². The van der Waals surface area contributed by atoms with Gasteiger partial charge in [-0.15, -0.1) is 0 Å². The van der Waals surface area contributed by atoms with Crippen LogP contribution in [-0.2, 0) is 5.60 Å². The van der Waals surface area contributed by atoms with E-state index in [-0.39, 0.29) is 0 Å². The molecule has 17 heavy (non-hydrogen) atoms. The minimum absolute atomic E-state index is 0.451. The van der Waals surface area contributed by atoms with Crippen molar-refractivity contribution in [2.24, 2.45) is 0 Å². The van der Waals surface area contributed by atoms with Crippen molar-refractivity contribution in [1.29, 1.82) is 0 Å². The number of aryl methyl sites for hydroxylation is 1. The van der Waals surface area contributed by atoms with Crippen molar-refractivity contribution in [3.8, 4) is 0 Å². The molecule has 1 aliphatic carbocycles. The van der Waals surface area contributed by atoms with Crippen LogP contribution in [0.2, 0.25) is 0 Å². The van der Waals surface area contributed by atoms with Gasteiger partial charge in [0.15, 0.2) is 0 Å². The fourth-order valence-corrected chi connectivity index (χ4v) is 2.60. The zero-order valence-electron chi connectivity index (χ0n) is 9.89. The van der Waals surface area contributed by atoms with E-state index in [1.165, 1.54) is 5.56 Å². The first-order valence-electron chi connectivity index (χ1n) is 6.02. The predicted molar refractivity (Wildman–Crippen MR) is 65.8 cm³/mol. The van der Waals surface area contributed by atoms with E-state index in [9.17, 15) is 5.11 Å². The highest BCUT2D eigenvalue weighted by molar-refractivity contribution is 5.28. The van der Waals surface area contributed by atoms with Crippen LogP contribution in [-0.4, -0.2) is 5.11 Å². The molecule has 2 heteroatoms. The standard InChI is InChI=1S/C15H16O2/c1-11-7-8-14(17-11)15(16)9-13(10-15)12-5-3-2-4-6-12/h2-8,13,16H,9-10H2,1H3. The molecule has 1 aromatic carbocycles. The average molecular weight is 228 g/mol. The van der Waals surface area contributed by atoms with Crippen molar-refractivity contribution in [2.75, 3.05) is 0 Å². The van der Waals surface area contributed by atoms with E-state index < -0.39 is 5.60 Å². The number of rotatable bonds is 2. The second-order valence-corrected chi connectivity index (χ2v) is 4.96. The van der Waals surface area contributed by atoms with Crippen molar-refractivity contribution in [1.82, 2.24) is 0 Å². The molecule has 0 atom stereocenters. The Morgan fingerprint density at radius 3 is 2.41 bits per heavy atom. The maximum Gasteiger partial charge on any atom is 0.135 e. The molecule has 0 aliphatic heterocycles. The van der Waals surface area contributed by atoms with Crippen molar-refractivity contribution < 1.29 is 9.52 Å². The second kappa shape index (κ2) is 3.74. The van der Waals surface area contributed by atoms with E-state index in [0.29, 0.717) is 11.7 Å². The van der Waals surface area contributed by atoms with Gasteiger partial charge in [-0.1, -0.05) is 30.3 Å². The van der Waals surface area contributed by atoms with Gasteiger partial charge in [-0.25, -0.2) is 0 Å². The zero-order valence-corrected chi connectivity index (χ0v) is 9.89. The number of benzene rings is 1. The molecule has 0 radical (unpaired) electrons. The molecule has 2 aromatic rings. The summed E-state index contributed by atoms with van der Waals surface area (Å²) in [6.07, 6.45) is 1.51. The molecule has 1 aromatic heterocycles. The Labute approximate surface area is 101 Å². The smallest absolute Gasteiger partial charge is 0.135 e. The summed E-state index contributed by atoms with van der Waals surface area (Å²) >= 11 is 0. The lowest BCUT2D eigenvalue weighted by Crippen LogP contribution is -2.39. The van der Waals surface area contributed by atoms with Crippen LogP contribution in [0, 0.1) is 6.92 Å². The van der Waals surface area contributed by atoms with Crippen LogP contribution in [0.3, 0.4) is 0 Å². The summed E-state index contributed by atoms with van der Waals surface area (Å²) in [6.45, 7) is 1.90. The Morgan fingerprint density at radius 2 is 1.82 bits per heavy atom. The first-order chi connectivity index (χ1) is 8.17. The Balaban J connectivity index is 1.76. The van der Waals surface area contributed by atoms with Crippen LogP contribution in [0.1, 0.15) is 35.8 Å². The molecule has 1 heterocycles. The van der Waals surface area contributed by atoms with Gasteiger partial charge >= 0.3 is 0 Å². The van der Waals surface area contributed by atoms with Gasteiger partial charge in [-0.2, -0.15) is 0 Å². The van der Waals surface area contributed by atoms with Gasteiger partial charge in [0, 0.05) is 0 Å². The summed E-state index contributed by atoms with van der Waals surface area (Å²) in [5, 5.41) is 10.4. The molecule has 1 N–H and O–H groups in total. The molecule has 0 saturated heterocycles. The van der Waals surface area contributed by atoms with E-state index >= 15 is 0 Å². The Morgan fingerprint density at radius 1 is 1.12 bits per heavy atom. The zero-order chi connectivity index (χ0) is 11.9. The van der Waals surface area contributed by atoms with E-state index in [1.54, 1.807) is 0 Å². The Bertz CT molecular complexity index is 507. The van der Waals surface area contributed by atoms with Crippen molar-refractivity contribution in [3.63, 3.8) is 0 Å². The van der Waals surface area contributed by atoms with Crippen LogP contribution >= 0.6 is 0 Å². The minimum atomic E-state index is -0.755. The van der Waals surface area contributed by atoms with Gasteiger partial charge in [-0.05, 0) is 43.4 Å². The lowest BCUT2D eigenvalue weighted by Gasteiger charge is -2.42. The quantitative estimate of drug-likeness (QED) is 0.855. The largest absolute Gasteiger partial charge is 0.463 e. The minimum Gasteiger partial charge on any atom is -0.463 e. The fraction of sp³-hybridized carbons (Fsp3) is 0.333. The summed E-state index contributed by atoms with van der Waals surface area (Å²) in [5.74, 6) is 2.02. The average Bonchev–Trinajstić information content (AvgIpc) is 2.73. The monoisotopic (exact) mass is 228 g/mol. The van der Waals surface area contributed by atoms with Gasteiger partial charge in [0.2, 0.25) is 0 Å². The van der Waals surface area contributed by atoms with Gasteiger partial charge in [-0.3, -0.25) is 0 Å². The number of furan rings is 1. The first-order valence-corrected chi connectivity index (χ1v) is 6.02. The third-order valence-electron chi connectivity index (χ3n) is 3.64. The molecular formula is C15H16O2. The van der Waals surface area contributed by atoms with Gasteiger partial charge in [0.1, 0.15) is 17.1 Å². The second-order valence-electron chi connectivity index (χ2n) is 4.96. The third kappa shape index (κ3) is 1.79. The summed E-state index contributed by atoms with van der Waals surface area (Å²) < 4.78 is 5.52.